The molecule has 2 aromatic heterocycles. The highest BCUT2D eigenvalue weighted by molar-refractivity contribution is 6.30. The average molecular weight is 414 g/mol. The third-order valence-corrected chi connectivity index (χ3v) is 6.12. The highest BCUT2D eigenvalue weighted by atomic mass is 35.5. The fourth-order valence-electron chi connectivity index (χ4n) is 4.25. The van der Waals surface area contributed by atoms with E-state index in [0.717, 1.165) is 28.0 Å². The van der Waals surface area contributed by atoms with Gasteiger partial charge in [-0.2, -0.15) is 5.10 Å². The van der Waals surface area contributed by atoms with Gasteiger partial charge < -0.3 is 10.3 Å². The molecule has 1 aromatic carbocycles. The zero-order chi connectivity index (χ0) is 20.6. The van der Waals surface area contributed by atoms with Crippen molar-refractivity contribution >= 4 is 22.6 Å². The van der Waals surface area contributed by atoms with E-state index < -0.39 is 0 Å². The molecule has 0 unspecified atom stereocenters. The largest absolute Gasteiger partial charge is 0.340 e. The molecule has 1 aliphatic carbocycles. The third-order valence-electron chi connectivity index (χ3n) is 5.87. The topological polar surface area (TPSA) is 67.3 Å². The van der Waals surface area contributed by atoms with Crippen LogP contribution in [0.3, 0.4) is 0 Å². The monoisotopic (exact) mass is 413 g/mol. The van der Waals surface area contributed by atoms with Crippen molar-refractivity contribution in [1.29, 1.82) is 0 Å². The first-order chi connectivity index (χ1) is 13.8. The van der Waals surface area contributed by atoms with E-state index in [1.165, 1.54) is 32.1 Å². The van der Waals surface area contributed by atoms with Crippen LogP contribution in [0.25, 0.3) is 16.7 Å². The van der Waals surface area contributed by atoms with Crippen LogP contribution in [0.1, 0.15) is 64.1 Å². The fourth-order valence-corrected chi connectivity index (χ4v) is 4.38. The summed E-state index contributed by atoms with van der Waals surface area (Å²) in [6.07, 6.45) is 6.46. The van der Waals surface area contributed by atoms with Crippen LogP contribution >= 0.6 is 11.6 Å². The second kappa shape index (κ2) is 7.96. The Morgan fingerprint density at radius 3 is 2.52 bits per heavy atom. The van der Waals surface area contributed by atoms with Crippen LogP contribution in [0.15, 0.2) is 35.1 Å². The molecule has 1 fully saturated rings. The van der Waals surface area contributed by atoms with E-state index in [1.54, 1.807) is 0 Å². The molecular formula is C23H30ClN4O+. The van der Waals surface area contributed by atoms with Gasteiger partial charge >= 0.3 is 0 Å². The lowest BCUT2D eigenvalue weighted by molar-refractivity contribution is -0.706. The number of nitrogens with zero attached hydrogens (tertiary/aromatic N) is 2. The lowest BCUT2D eigenvalue weighted by Crippen LogP contribution is -2.89. The van der Waals surface area contributed by atoms with E-state index in [9.17, 15) is 4.79 Å². The number of pyridine rings is 1. The van der Waals surface area contributed by atoms with Gasteiger partial charge in [0.2, 0.25) is 0 Å². The van der Waals surface area contributed by atoms with Gasteiger partial charge in [0.1, 0.15) is 12.2 Å². The van der Waals surface area contributed by atoms with Crippen LogP contribution in [0, 0.1) is 0 Å². The molecule has 0 bridgehead atoms. The molecule has 3 N–H and O–H groups in total. The number of aromatic nitrogens is 3. The van der Waals surface area contributed by atoms with Crippen LogP contribution in [0.5, 0.6) is 0 Å². The Morgan fingerprint density at radius 2 is 1.86 bits per heavy atom. The molecule has 154 valence electrons. The van der Waals surface area contributed by atoms with E-state index >= 15 is 0 Å². The SMILES string of the molecule is CC(C)(C)c1nn(-c2ccc(Cl)cc2)c2[nH]c(=O)c(C[NH2+]C3CCCCC3)cc12. The van der Waals surface area contributed by atoms with Crippen molar-refractivity contribution < 1.29 is 5.32 Å². The first-order valence-corrected chi connectivity index (χ1v) is 11.0. The van der Waals surface area contributed by atoms with Gasteiger partial charge in [-0.15, -0.1) is 0 Å². The minimum Gasteiger partial charge on any atom is -0.340 e. The fraction of sp³-hybridized carbons (Fsp3) is 0.478. The van der Waals surface area contributed by atoms with Crippen molar-refractivity contribution in [2.45, 2.75) is 70.9 Å². The minimum atomic E-state index is -0.140. The van der Waals surface area contributed by atoms with Crippen molar-refractivity contribution in [1.82, 2.24) is 14.8 Å². The Balaban J connectivity index is 1.76. The number of quaternary nitrogens is 1. The van der Waals surface area contributed by atoms with Gasteiger partial charge in [0.15, 0.2) is 0 Å². The number of aromatic amines is 1. The van der Waals surface area contributed by atoms with Gasteiger partial charge in [0.05, 0.1) is 23.0 Å². The molecule has 5 nitrogen and oxygen atoms in total. The molecule has 0 amide bonds. The Hall–Kier alpha value is -2.11. The Labute approximate surface area is 176 Å². The summed E-state index contributed by atoms with van der Waals surface area (Å²) in [6, 6.07) is 10.2. The smallest absolute Gasteiger partial charge is 0.258 e. The number of fused-ring (bicyclic) bond motifs is 1. The number of hydrogen-bond acceptors (Lipinski definition) is 2. The number of halogens is 1. The standard InChI is InChI=1S/C23H29ClN4O/c1-23(2,3)20-19-13-15(14-25-17-7-5-4-6-8-17)22(29)26-21(19)28(27-20)18-11-9-16(24)10-12-18/h9-13,17,25H,4-8,14H2,1-3H3,(H,26,29)/p+1. The summed E-state index contributed by atoms with van der Waals surface area (Å²) in [7, 11) is 0. The van der Waals surface area contributed by atoms with E-state index in [4.69, 9.17) is 16.7 Å². The molecule has 1 aliphatic rings. The molecule has 4 rings (SSSR count). The highest BCUT2D eigenvalue weighted by Gasteiger charge is 2.25. The number of benzene rings is 1. The summed E-state index contributed by atoms with van der Waals surface area (Å²) in [5, 5.41) is 8.92. The first-order valence-electron chi connectivity index (χ1n) is 10.6. The van der Waals surface area contributed by atoms with Crippen molar-refractivity contribution in [3.8, 4) is 5.69 Å². The van der Waals surface area contributed by atoms with E-state index in [2.05, 4.69) is 31.1 Å². The maximum absolute atomic E-state index is 12.9. The Morgan fingerprint density at radius 1 is 1.17 bits per heavy atom. The number of rotatable bonds is 4. The van der Waals surface area contributed by atoms with Crippen LogP contribution in [-0.2, 0) is 12.0 Å². The lowest BCUT2D eigenvalue weighted by Gasteiger charge is -2.19. The highest BCUT2D eigenvalue weighted by Crippen LogP contribution is 2.30. The van der Waals surface area contributed by atoms with E-state index in [-0.39, 0.29) is 11.0 Å². The van der Waals surface area contributed by atoms with Crippen molar-refractivity contribution in [3.63, 3.8) is 0 Å². The van der Waals surface area contributed by atoms with Gasteiger partial charge in [0.25, 0.3) is 5.56 Å². The van der Waals surface area contributed by atoms with Crippen LogP contribution in [0.2, 0.25) is 5.02 Å². The quantitative estimate of drug-likeness (QED) is 0.677. The predicted octanol–water partition coefficient (Wildman–Crippen LogP) is 4.06. The van der Waals surface area contributed by atoms with Gasteiger partial charge in [-0.1, -0.05) is 38.8 Å². The summed E-state index contributed by atoms with van der Waals surface area (Å²) >= 11 is 6.05. The first kappa shape index (κ1) is 20.2. The summed E-state index contributed by atoms with van der Waals surface area (Å²) in [5.74, 6) is 0. The van der Waals surface area contributed by atoms with E-state index in [0.29, 0.717) is 17.6 Å². The molecule has 0 saturated heterocycles. The lowest BCUT2D eigenvalue weighted by atomic mass is 9.90. The maximum atomic E-state index is 12.9. The van der Waals surface area contributed by atoms with Gasteiger partial charge in [-0.3, -0.25) is 4.79 Å². The van der Waals surface area contributed by atoms with Crippen LogP contribution < -0.4 is 10.9 Å². The summed E-state index contributed by atoms with van der Waals surface area (Å²) in [4.78, 5) is 16.0. The zero-order valence-corrected chi connectivity index (χ0v) is 18.2. The summed E-state index contributed by atoms with van der Waals surface area (Å²) in [5.41, 5.74) is 3.26. The molecule has 0 atom stereocenters. The molecule has 29 heavy (non-hydrogen) atoms. The van der Waals surface area contributed by atoms with Crippen molar-refractivity contribution in [2.75, 3.05) is 0 Å². The Bertz CT molecular complexity index is 1050. The number of nitrogens with two attached hydrogens (primary N) is 1. The number of H-pyrrole nitrogens is 1. The van der Waals surface area contributed by atoms with Gasteiger partial charge in [0, 0.05) is 15.8 Å². The molecule has 0 aliphatic heterocycles. The minimum absolute atomic E-state index is 0.0277. The molecule has 0 spiro atoms. The summed E-state index contributed by atoms with van der Waals surface area (Å²) in [6.45, 7) is 7.17. The molecule has 1 saturated carbocycles. The molecular weight excluding hydrogens is 384 g/mol. The normalized spacial score (nSPS) is 15.9. The van der Waals surface area contributed by atoms with Gasteiger partial charge in [-0.25, -0.2) is 4.68 Å². The second-order valence-electron chi connectivity index (χ2n) is 9.21. The third kappa shape index (κ3) is 4.26. The van der Waals surface area contributed by atoms with Gasteiger partial charge in [-0.05, 0) is 56.0 Å². The number of nitrogens with one attached hydrogen (secondary N) is 1. The molecule has 2 heterocycles. The molecule has 3 aromatic rings. The van der Waals surface area contributed by atoms with Crippen molar-refractivity contribution in [2.24, 2.45) is 0 Å². The predicted molar refractivity (Wildman–Crippen MR) is 118 cm³/mol. The summed E-state index contributed by atoms with van der Waals surface area (Å²) < 4.78 is 1.82. The van der Waals surface area contributed by atoms with Crippen LogP contribution in [0.4, 0.5) is 0 Å². The maximum Gasteiger partial charge on any atom is 0.258 e. The number of hydrogen-bond donors (Lipinski definition) is 2. The average Bonchev–Trinajstić information content (AvgIpc) is 3.06. The molecule has 6 heteroatoms. The van der Waals surface area contributed by atoms with Crippen LogP contribution in [-0.4, -0.2) is 20.8 Å². The zero-order valence-electron chi connectivity index (χ0n) is 17.5. The Kier molecular flexibility index (Phi) is 5.54. The second-order valence-corrected chi connectivity index (χ2v) is 9.65. The van der Waals surface area contributed by atoms with E-state index in [1.807, 2.05) is 35.0 Å². The molecule has 0 radical (unpaired) electrons. The van der Waals surface area contributed by atoms with Crippen molar-refractivity contribution in [3.05, 3.63) is 57.0 Å².